The van der Waals surface area contributed by atoms with Crippen LogP contribution in [0.4, 0.5) is 5.82 Å². The highest BCUT2D eigenvalue weighted by Gasteiger charge is 2.05. The summed E-state index contributed by atoms with van der Waals surface area (Å²) in [6.45, 7) is 7.58. The second-order valence-corrected chi connectivity index (χ2v) is 6.51. The summed E-state index contributed by atoms with van der Waals surface area (Å²) in [6.07, 6.45) is 3.01. The van der Waals surface area contributed by atoms with Crippen LogP contribution in [0.1, 0.15) is 33.0 Å². The van der Waals surface area contributed by atoms with E-state index in [1.54, 1.807) is 0 Å². The van der Waals surface area contributed by atoms with Crippen LogP contribution in [0, 0.1) is 9.49 Å². The summed E-state index contributed by atoms with van der Waals surface area (Å²) in [5.74, 6) is 4.68. The fourth-order valence-corrected chi connectivity index (χ4v) is 2.59. The normalized spacial score (nSPS) is 10.9. The number of anilines is 1. The van der Waals surface area contributed by atoms with Crippen molar-refractivity contribution in [2.45, 2.75) is 32.9 Å². The zero-order valence-corrected chi connectivity index (χ0v) is 13.6. The Morgan fingerprint density at radius 2 is 2.24 bits per heavy atom. The number of hydrogen-bond donors (Lipinski definition) is 1. The summed E-state index contributed by atoms with van der Waals surface area (Å²) in [6, 6.07) is 0. The number of rotatable bonds is 7. The van der Waals surface area contributed by atoms with Crippen LogP contribution in [0.15, 0.2) is 6.20 Å². The van der Waals surface area contributed by atoms with Gasteiger partial charge in [0.25, 0.3) is 0 Å². The van der Waals surface area contributed by atoms with Crippen LogP contribution >= 0.6 is 34.4 Å². The molecule has 1 heterocycles. The first kappa shape index (κ1) is 15.0. The molecular weight excluding hydrogens is 345 g/mol. The van der Waals surface area contributed by atoms with Crippen molar-refractivity contribution in [3.63, 3.8) is 0 Å². The van der Waals surface area contributed by atoms with Gasteiger partial charge in [-0.05, 0) is 40.7 Å². The second kappa shape index (κ2) is 8.13. The highest BCUT2D eigenvalue weighted by molar-refractivity contribution is 14.1. The topological polar surface area (TPSA) is 37.8 Å². The fraction of sp³-hybridized carbons (Fsp3) is 0.667. The SMILES string of the molecule is CCCNc1nc(CSCC(C)C)ncc1I. The van der Waals surface area contributed by atoms with Gasteiger partial charge in [0.05, 0.1) is 9.32 Å². The second-order valence-electron chi connectivity index (χ2n) is 4.32. The Morgan fingerprint density at radius 3 is 2.88 bits per heavy atom. The van der Waals surface area contributed by atoms with Gasteiger partial charge >= 0.3 is 0 Å². The Bertz CT molecular complexity index is 345. The molecule has 0 amide bonds. The van der Waals surface area contributed by atoms with Crippen LogP contribution in [-0.2, 0) is 5.75 Å². The van der Waals surface area contributed by atoms with Crippen molar-refractivity contribution in [3.8, 4) is 0 Å². The lowest BCUT2D eigenvalue weighted by Crippen LogP contribution is -2.07. The minimum Gasteiger partial charge on any atom is -0.369 e. The maximum absolute atomic E-state index is 4.56. The Morgan fingerprint density at radius 1 is 1.47 bits per heavy atom. The number of nitrogens with zero attached hydrogens (tertiary/aromatic N) is 2. The van der Waals surface area contributed by atoms with Gasteiger partial charge in [0.1, 0.15) is 11.6 Å². The Labute approximate surface area is 122 Å². The molecule has 1 aromatic heterocycles. The van der Waals surface area contributed by atoms with Crippen LogP contribution in [0.25, 0.3) is 0 Å². The van der Waals surface area contributed by atoms with Crippen molar-refractivity contribution in [2.75, 3.05) is 17.6 Å². The summed E-state index contributed by atoms with van der Waals surface area (Å²) < 4.78 is 1.09. The van der Waals surface area contributed by atoms with Crippen LogP contribution < -0.4 is 5.32 Å². The molecule has 96 valence electrons. The lowest BCUT2D eigenvalue weighted by molar-refractivity contribution is 0.749. The molecule has 0 atom stereocenters. The molecule has 0 radical (unpaired) electrons. The third-order valence-corrected chi connectivity index (χ3v) is 4.17. The molecule has 0 unspecified atom stereocenters. The molecule has 0 aliphatic carbocycles. The van der Waals surface area contributed by atoms with Gasteiger partial charge in [0.15, 0.2) is 0 Å². The van der Waals surface area contributed by atoms with Crippen LogP contribution in [0.2, 0.25) is 0 Å². The molecule has 0 spiro atoms. The van der Waals surface area contributed by atoms with E-state index in [-0.39, 0.29) is 0 Å². The fourth-order valence-electron chi connectivity index (χ4n) is 1.23. The standard InChI is InChI=1S/C12H20IN3S/c1-4-5-14-12-10(13)6-15-11(16-12)8-17-7-9(2)3/h6,9H,4-5,7-8H2,1-3H3,(H,14,15,16). The van der Waals surface area contributed by atoms with Crippen LogP contribution in [-0.4, -0.2) is 22.3 Å². The van der Waals surface area contributed by atoms with Crippen molar-refractivity contribution >= 4 is 40.2 Å². The van der Waals surface area contributed by atoms with Crippen molar-refractivity contribution in [3.05, 3.63) is 15.6 Å². The molecule has 0 saturated carbocycles. The van der Waals surface area contributed by atoms with E-state index < -0.39 is 0 Å². The number of halogens is 1. The largest absolute Gasteiger partial charge is 0.369 e. The number of aromatic nitrogens is 2. The molecule has 3 nitrogen and oxygen atoms in total. The van der Waals surface area contributed by atoms with Gasteiger partial charge < -0.3 is 5.32 Å². The summed E-state index contributed by atoms with van der Waals surface area (Å²) in [7, 11) is 0. The van der Waals surface area contributed by atoms with E-state index in [0.29, 0.717) is 0 Å². The molecule has 5 heteroatoms. The molecule has 0 saturated heterocycles. The molecule has 0 aromatic carbocycles. The van der Waals surface area contributed by atoms with Crippen molar-refractivity contribution in [1.82, 2.24) is 9.97 Å². The quantitative estimate of drug-likeness (QED) is 0.746. The van der Waals surface area contributed by atoms with Gasteiger partial charge in [-0.15, -0.1) is 0 Å². The smallest absolute Gasteiger partial charge is 0.143 e. The molecule has 0 fully saturated rings. The highest BCUT2D eigenvalue weighted by atomic mass is 127. The predicted octanol–water partition coefficient (Wildman–Crippen LogP) is 3.79. The third-order valence-electron chi connectivity index (χ3n) is 2.02. The summed E-state index contributed by atoms with van der Waals surface area (Å²) in [4.78, 5) is 8.92. The zero-order valence-electron chi connectivity index (χ0n) is 10.7. The summed E-state index contributed by atoms with van der Waals surface area (Å²) in [5.41, 5.74) is 0. The molecular formula is C12H20IN3S. The first-order valence-electron chi connectivity index (χ1n) is 5.96. The molecule has 1 aromatic rings. The van der Waals surface area contributed by atoms with Gasteiger partial charge in [-0.25, -0.2) is 9.97 Å². The van der Waals surface area contributed by atoms with E-state index in [9.17, 15) is 0 Å². The van der Waals surface area contributed by atoms with E-state index in [0.717, 1.165) is 45.6 Å². The zero-order chi connectivity index (χ0) is 12.7. The first-order valence-corrected chi connectivity index (χ1v) is 8.19. The monoisotopic (exact) mass is 365 g/mol. The lowest BCUT2D eigenvalue weighted by atomic mass is 10.3. The maximum Gasteiger partial charge on any atom is 0.143 e. The van der Waals surface area contributed by atoms with Gasteiger partial charge in [-0.1, -0.05) is 20.8 Å². The van der Waals surface area contributed by atoms with Crippen LogP contribution in [0.3, 0.4) is 0 Å². The Balaban J connectivity index is 2.55. The molecule has 0 bridgehead atoms. The lowest BCUT2D eigenvalue weighted by Gasteiger charge is -2.08. The molecule has 0 aliphatic heterocycles. The third kappa shape index (κ3) is 5.90. The summed E-state index contributed by atoms with van der Waals surface area (Å²) >= 11 is 4.17. The van der Waals surface area contributed by atoms with E-state index >= 15 is 0 Å². The number of nitrogens with one attached hydrogen (secondary N) is 1. The molecule has 0 aliphatic rings. The molecule has 1 N–H and O–H groups in total. The van der Waals surface area contributed by atoms with Gasteiger partial charge in [-0.3, -0.25) is 0 Å². The van der Waals surface area contributed by atoms with Gasteiger partial charge in [-0.2, -0.15) is 11.8 Å². The Kier molecular flexibility index (Phi) is 7.18. The van der Waals surface area contributed by atoms with Crippen molar-refractivity contribution in [1.29, 1.82) is 0 Å². The van der Waals surface area contributed by atoms with E-state index in [1.807, 2.05) is 18.0 Å². The minimum absolute atomic E-state index is 0.724. The van der Waals surface area contributed by atoms with Crippen LogP contribution in [0.5, 0.6) is 0 Å². The minimum atomic E-state index is 0.724. The number of thioether (sulfide) groups is 1. The average molecular weight is 365 g/mol. The van der Waals surface area contributed by atoms with E-state index in [1.165, 1.54) is 0 Å². The van der Waals surface area contributed by atoms with Gasteiger partial charge in [0.2, 0.25) is 0 Å². The predicted molar refractivity (Wildman–Crippen MR) is 84.5 cm³/mol. The number of hydrogen-bond acceptors (Lipinski definition) is 4. The Hall–Kier alpha value is -0.0400. The first-order chi connectivity index (χ1) is 8.13. The maximum atomic E-state index is 4.56. The van der Waals surface area contributed by atoms with Gasteiger partial charge in [0, 0.05) is 12.7 Å². The average Bonchev–Trinajstić information content (AvgIpc) is 2.29. The molecule has 1 rings (SSSR count). The summed E-state index contributed by atoms with van der Waals surface area (Å²) in [5, 5.41) is 3.33. The van der Waals surface area contributed by atoms with Crippen molar-refractivity contribution < 1.29 is 0 Å². The molecule has 17 heavy (non-hydrogen) atoms. The van der Waals surface area contributed by atoms with E-state index in [2.05, 4.69) is 58.6 Å². The highest BCUT2D eigenvalue weighted by Crippen LogP contribution is 2.17. The van der Waals surface area contributed by atoms with E-state index in [4.69, 9.17) is 0 Å². The van der Waals surface area contributed by atoms with Crippen molar-refractivity contribution in [2.24, 2.45) is 5.92 Å².